The molecule has 0 heterocycles. The van der Waals surface area contributed by atoms with Crippen molar-refractivity contribution < 1.29 is 41.1 Å². The van der Waals surface area contributed by atoms with E-state index in [2.05, 4.69) is 16.0 Å². The van der Waals surface area contributed by atoms with Gasteiger partial charge in [0.1, 0.15) is 5.54 Å². The topological polar surface area (TPSA) is 104 Å². The Kier molecular flexibility index (Phi) is 10.4. The summed E-state index contributed by atoms with van der Waals surface area (Å²) in [5.74, 6) is -11.8. The SMILES string of the molecule is CNC(=O)C1(NC(=O)C(=O)/C(C)=C(C)/C(C(=O)Nc2cc(F)c(F)c(F)c2)=C(\C)CCCC(C)C)CC(F)(F)C1. The highest BCUT2D eigenvalue weighted by atomic mass is 19.3. The Bertz CT molecular complexity index is 1240. The van der Waals surface area contributed by atoms with Gasteiger partial charge in [0.15, 0.2) is 17.5 Å². The van der Waals surface area contributed by atoms with Crippen LogP contribution < -0.4 is 16.0 Å². The van der Waals surface area contributed by atoms with E-state index in [0.29, 0.717) is 36.5 Å². The van der Waals surface area contributed by atoms with Crippen LogP contribution in [0.1, 0.15) is 66.7 Å². The van der Waals surface area contributed by atoms with E-state index in [4.69, 9.17) is 0 Å². The molecule has 220 valence electrons. The van der Waals surface area contributed by atoms with Crippen molar-refractivity contribution in [3.05, 3.63) is 51.9 Å². The fraction of sp³-hybridized carbons (Fsp3) is 0.500. The van der Waals surface area contributed by atoms with Crippen LogP contribution in [0.5, 0.6) is 0 Å². The average molecular weight is 572 g/mol. The van der Waals surface area contributed by atoms with Crippen LogP contribution in [0, 0.1) is 23.4 Å². The van der Waals surface area contributed by atoms with Gasteiger partial charge in [-0.1, -0.05) is 25.8 Å². The molecular formula is C28H34F5N3O4. The van der Waals surface area contributed by atoms with Crippen LogP contribution >= 0.6 is 0 Å². The number of amides is 3. The van der Waals surface area contributed by atoms with Gasteiger partial charge in [-0.2, -0.15) is 0 Å². The van der Waals surface area contributed by atoms with E-state index in [9.17, 15) is 41.1 Å². The van der Waals surface area contributed by atoms with E-state index in [1.54, 1.807) is 6.92 Å². The molecular weight excluding hydrogens is 537 g/mol. The van der Waals surface area contributed by atoms with Gasteiger partial charge >= 0.3 is 0 Å². The van der Waals surface area contributed by atoms with Crippen LogP contribution in [0.15, 0.2) is 34.4 Å². The fourth-order valence-corrected chi connectivity index (χ4v) is 4.58. The minimum absolute atomic E-state index is 0.0382. The van der Waals surface area contributed by atoms with Crippen molar-refractivity contribution in [2.24, 2.45) is 5.92 Å². The standard InChI is InChI=1S/C28H34F5N3O4/c1-14(2)8-7-9-15(3)21(24(38)35-18-10-19(29)22(31)20(30)11-18)16(4)17(5)23(37)25(39)36-27(26(40)34-6)12-28(32,33)13-27/h10-11,14H,7-9,12-13H2,1-6H3,(H,34,40)(H,35,38)(H,36,39)/b17-16+,21-15-. The minimum Gasteiger partial charge on any atom is -0.357 e. The molecule has 3 amide bonds. The zero-order chi connectivity index (χ0) is 30.6. The first kappa shape index (κ1) is 32.6. The van der Waals surface area contributed by atoms with Crippen LogP contribution in [-0.2, 0) is 19.2 Å². The molecule has 1 aliphatic carbocycles. The number of carbonyl (C=O) groups excluding carboxylic acids is 4. The second-order valence-corrected chi connectivity index (χ2v) is 10.6. The predicted molar refractivity (Wildman–Crippen MR) is 139 cm³/mol. The van der Waals surface area contributed by atoms with Gasteiger partial charge in [-0.3, -0.25) is 19.2 Å². The monoisotopic (exact) mass is 571 g/mol. The highest BCUT2D eigenvalue weighted by molar-refractivity contribution is 6.43. The van der Waals surface area contributed by atoms with E-state index < -0.39 is 65.3 Å². The number of ketones is 1. The van der Waals surface area contributed by atoms with E-state index >= 15 is 0 Å². The summed E-state index contributed by atoms with van der Waals surface area (Å²) in [7, 11) is 1.21. The molecule has 0 saturated heterocycles. The molecule has 0 aliphatic heterocycles. The number of nitrogens with one attached hydrogen (secondary N) is 3. The predicted octanol–water partition coefficient (Wildman–Crippen LogP) is 5.12. The molecule has 40 heavy (non-hydrogen) atoms. The number of alkyl halides is 2. The van der Waals surface area contributed by atoms with Crippen LogP contribution in [0.25, 0.3) is 0 Å². The third-order valence-electron chi connectivity index (χ3n) is 6.85. The van der Waals surface area contributed by atoms with Crippen molar-refractivity contribution in [1.29, 1.82) is 0 Å². The molecule has 7 nitrogen and oxygen atoms in total. The van der Waals surface area contributed by atoms with E-state index in [1.165, 1.54) is 20.9 Å². The van der Waals surface area contributed by atoms with Crippen molar-refractivity contribution in [3.8, 4) is 0 Å². The summed E-state index contributed by atoms with van der Waals surface area (Å²) < 4.78 is 68.0. The summed E-state index contributed by atoms with van der Waals surface area (Å²) in [5.41, 5.74) is -2.02. The molecule has 1 fully saturated rings. The third-order valence-corrected chi connectivity index (χ3v) is 6.85. The van der Waals surface area contributed by atoms with Gasteiger partial charge in [-0.25, -0.2) is 22.0 Å². The van der Waals surface area contributed by atoms with E-state index in [1.807, 2.05) is 13.8 Å². The lowest BCUT2D eigenvalue weighted by Gasteiger charge is -2.45. The van der Waals surface area contributed by atoms with Gasteiger partial charge in [0.05, 0.1) is 0 Å². The smallest absolute Gasteiger partial charge is 0.292 e. The molecule has 0 unspecified atom stereocenters. The Balaban J connectivity index is 2.43. The van der Waals surface area contributed by atoms with Crippen molar-refractivity contribution in [3.63, 3.8) is 0 Å². The Morgan fingerprint density at radius 1 is 0.925 bits per heavy atom. The number of hydrogen-bond acceptors (Lipinski definition) is 4. The Hall–Kier alpha value is -3.57. The van der Waals surface area contributed by atoms with Gasteiger partial charge < -0.3 is 16.0 Å². The summed E-state index contributed by atoms with van der Waals surface area (Å²) in [6, 6.07) is 1.19. The largest absolute Gasteiger partial charge is 0.357 e. The zero-order valence-electron chi connectivity index (χ0n) is 23.3. The lowest BCUT2D eigenvalue weighted by Crippen LogP contribution is -2.69. The van der Waals surface area contributed by atoms with Crippen LogP contribution in [0.2, 0.25) is 0 Å². The first-order valence-corrected chi connectivity index (χ1v) is 12.7. The molecule has 1 aromatic carbocycles. The molecule has 1 aliphatic rings. The first-order valence-electron chi connectivity index (χ1n) is 12.7. The maximum atomic E-state index is 13.7. The summed E-state index contributed by atoms with van der Waals surface area (Å²) >= 11 is 0. The van der Waals surface area contributed by atoms with Crippen molar-refractivity contribution in [2.45, 2.75) is 78.2 Å². The maximum absolute atomic E-state index is 13.7. The Labute approximate surface area is 229 Å². The van der Waals surface area contributed by atoms with Gasteiger partial charge in [0.2, 0.25) is 11.7 Å². The number of rotatable bonds is 11. The molecule has 3 N–H and O–H groups in total. The zero-order valence-corrected chi connectivity index (χ0v) is 23.3. The highest BCUT2D eigenvalue weighted by Gasteiger charge is 2.61. The summed E-state index contributed by atoms with van der Waals surface area (Å²) in [6.45, 7) is 8.30. The second kappa shape index (κ2) is 12.7. The van der Waals surface area contributed by atoms with E-state index in [-0.39, 0.29) is 22.4 Å². The quantitative estimate of drug-likeness (QED) is 0.113. The average Bonchev–Trinajstić information content (AvgIpc) is 2.84. The molecule has 0 radical (unpaired) electrons. The molecule has 1 saturated carbocycles. The Morgan fingerprint density at radius 2 is 1.48 bits per heavy atom. The fourth-order valence-electron chi connectivity index (χ4n) is 4.58. The molecule has 0 bridgehead atoms. The number of likely N-dealkylation sites (N-methyl/N-ethyl adjacent to an activating group) is 1. The lowest BCUT2D eigenvalue weighted by atomic mass is 9.72. The second-order valence-electron chi connectivity index (χ2n) is 10.6. The van der Waals surface area contributed by atoms with E-state index in [0.717, 1.165) is 6.42 Å². The molecule has 0 atom stereocenters. The number of carbonyl (C=O) groups is 4. The van der Waals surface area contributed by atoms with Crippen molar-refractivity contribution >= 4 is 29.2 Å². The number of allylic oxidation sites excluding steroid dienone is 1. The number of hydrogen-bond donors (Lipinski definition) is 3. The molecule has 0 spiro atoms. The summed E-state index contributed by atoms with van der Waals surface area (Å²) in [4.78, 5) is 51.3. The highest BCUT2D eigenvalue weighted by Crippen LogP contribution is 2.45. The van der Waals surface area contributed by atoms with Crippen LogP contribution in [0.4, 0.5) is 27.6 Å². The summed E-state index contributed by atoms with van der Waals surface area (Å²) in [5, 5.41) is 6.62. The van der Waals surface area contributed by atoms with Crippen molar-refractivity contribution in [1.82, 2.24) is 10.6 Å². The molecule has 12 heteroatoms. The molecule has 1 aromatic rings. The van der Waals surface area contributed by atoms with Gasteiger partial charge in [-0.05, 0) is 45.1 Å². The van der Waals surface area contributed by atoms with Crippen molar-refractivity contribution in [2.75, 3.05) is 12.4 Å². The first-order chi connectivity index (χ1) is 18.4. The van der Waals surface area contributed by atoms with Gasteiger partial charge in [-0.15, -0.1) is 0 Å². The number of anilines is 1. The van der Waals surface area contributed by atoms with Crippen LogP contribution in [0.3, 0.4) is 0 Å². The molecule has 2 rings (SSSR count). The number of Topliss-reactive ketones (excluding diaryl/α,β-unsaturated/α-hetero) is 1. The van der Waals surface area contributed by atoms with Crippen LogP contribution in [-0.4, -0.2) is 42.0 Å². The number of benzene rings is 1. The van der Waals surface area contributed by atoms with Gasteiger partial charge in [0, 0.05) is 48.9 Å². The molecule has 0 aromatic heterocycles. The summed E-state index contributed by atoms with van der Waals surface area (Å²) in [6.07, 6.45) is -0.0615. The van der Waals surface area contributed by atoms with Gasteiger partial charge in [0.25, 0.3) is 17.7 Å². The minimum atomic E-state index is -3.19. The maximum Gasteiger partial charge on any atom is 0.292 e. The normalized spacial score (nSPS) is 16.8. The third kappa shape index (κ3) is 7.54. The lowest BCUT2D eigenvalue weighted by molar-refractivity contribution is -0.166. The Morgan fingerprint density at radius 3 is 1.95 bits per heavy atom. The number of halogens is 5.